The van der Waals surface area contributed by atoms with Gasteiger partial charge in [0.05, 0.1) is 0 Å². The van der Waals surface area contributed by atoms with Gasteiger partial charge in [-0.3, -0.25) is 9.11 Å². The van der Waals surface area contributed by atoms with Crippen LogP contribution in [-0.4, -0.2) is 69.1 Å². The van der Waals surface area contributed by atoms with Crippen LogP contribution in [0.15, 0.2) is 0 Å². The van der Waals surface area contributed by atoms with Crippen molar-refractivity contribution >= 4 is 62.0 Å². The summed E-state index contributed by atoms with van der Waals surface area (Å²) in [7, 11) is -4.67. The van der Waals surface area contributed by atoms with Gasteiger partial charge in [-0.15, -0.1) is 0 Å². The Balaban J connectivity index is -0.0000000800. The minimum Gasteiger partial charge on any atom is 0 e. The second-order valence-corrected chi connectivity index (χ2v) is 2.07. The molecular weight excluding hydrogens is 542 g/mol. The molecule has 0 fully saturated rings. The minimum atomic E-state index is -4.67. The summed E-state index contributed by atoms with van der Waals surface area (Å²) in [5.74, 6) is 0. The Morgan fingerprint density at radius 3 is 1.11 bits per heavy atom. The van der Waals surface area contributed by atoms with Crippen molar-refractivity contribution in [2.24, 2.45) is 0 Å². The molecule has 0 amide bonds. The topological polar surface area (TPSA) is 109 Å². The zero-order valence-corrected chi connectivity index (χ0v) is 12.5. The maximum Gasteiger partial charge on any atom is 0 e. The van der Waals surface area contributed by atoms with Crippen molar-refractivity contribution in [3.63, 3.8) is 0 Å². The van der Waals surface area contributed by atoms with Gasteiger partial charge in [0.15, 0.2) is 0 Å². The summed E-state index contributed by atoms with van der Waals surface area (Å²) >= 11 is -2.42. The molecule has 0 saturated carbocycles. The summed E-state index contributed by atoms with van der Waals surface area (Å²) in [4.78, 5) is 0. The molecule has 0 bridgehead atoms. The summed E-state index contributed by atoms with van der Waals surface area (Å²) < 4.78 is 48.7. The first-order valence-electron chi connectivity index (χ1n) is 1.11. The van der Waals surface area contributed by atoms with E-state index in [1.165, 1.54) is 0 Å². The Hall–Kier alpha value is 1.31. The van der Waals surface area contributed by atoms with Crippen LogP contribution in [0.4, 0.5) is 0 Å². The van der Waals surface area contributed by atoms with Gasteiger partial charge in [0.1, 0.15) is 0 Å². The zero-order chi connectivity index (χ0) is 7.21. The smallest absolute Gasteiger partial charge is 0 e. The van der Waals surface area contributed by atoms with E-state index in [9.17, 15) is 0 Å². The molecular formula is H2O6Pb2S. The summed E-state index contributed by atoms with van der Waals surface area (Å²) in [6, 6.07) is 0. The molecule has 0 saturated heterocycles. The van der Waals surface area contributed by atoms with Gasteiger partial charge < -0.3 is 0 Å². The monoisotopic (exact) mass is 546 g/mol. The van der Waals surface area contributed by atoms with Crippen LogP contribution >= 0.6 is 0 Å². The second kappa shape index (κ2) is 9.31. The van der Waals surface area contributed by atoms with E-state index in [-0.39, 0.29) is 27.3 Å². The van der Waals surface area contributed by atoms with E-state index in [1.807, 2.05) is 0 Å². The molecule has 2 N–H and O–H groups in total. The first kappa shape index (κ1) is 16.7. The van der Waals surface area contributed by atoms with Crippen LogP contribution in [0.3, 0.4) is 0 Å². The Morgan fingerprint density at radius 1 is 1.11 bits per heavy atom. The van der Waals surface area contributed by atoms with Crippen molar-refractivity contribution in [3.05, 3.63) is 0 Å². The maximum atomic E-state index is 8.74. The van der Waals surface area contributed by atoms with Gasteiger partial charge in [0.2, 0.25) is 0 Å². The van der Waals surface area contributed by atoms with Crippen LogP contribution < -0.4 is 0 Å². The fourth-order valence-electron chi connectivity index (χ4n) is 0. The molecule has 0 rings (SSSR count). The van der Waals surface area contributed by atoms with E-state index in [1.54, 1.807) is 0 Å². The molecule has 0 unspecified atom stereocenters. The third kappa shape index (κ3) is 289. The molecule has 0 aliphatic carbocycles. The van der Waals surface area contributed by atoms with Gasteiger partial charge in [-0.1, -0.05) is 0 Å². The van der Waals surface area contributed by atoms with Crippen molar-refractivity contribution in [3.8, 4) is 0 Å². The van der Waals surface area contributed by atoms with Gasteiger partial charge in [-0.2, -0.15) is 8.42 Å². The van der Waals surface area contributed by atoms with Gasteiger partial charge in [0.25, 0.3) is 0 Å². The predicted octanol–water partition coefficient (Wildman–Crippen LogP) is -1.65. The van der Waals surface area contributed by atoms with Crippen LogP contribution in [0, 0.1) is 0 Å². The third-order valence-electron chi connectivity index (χ3n) is 0. The molecule has 6 nitrogen and oxygen atoms in total. The Labute approximate surface area is 83.9 Å². The molecule has 0 aromatic carbocycles. The molecule has 0 spiro atoms. The summed E-state index contributed by atoms with van der Waals surface area (Å²) in [5, 5.41) is 0. The molecule has 52 valence electrons. The van der Waals surface area contributed by atoms with Crippen LogP contribution in [0.2, 0.25) is 0 Å². The quantitative estimate of drug-likeness (QED) is 0.280. The molecule has 0 aliphatic rings. The van der Waals surface area contributed by atoms with Crippen LogP contribution in [0.25, 0.3) is 0 Å². The molecule has 0 heterocycles. The molecule has 9 heteroatoms. The molecule has 0 aliphatic heterocycles. The van der Waals surface area contributed by atoms with E-state index in [0.717, 1.165) is 0 Å². The van der Waals surface area contributed by atoms with Crippen molar-refractivity contribution in [2.45, 2.75) is 0 Å². The number of hydrogen-bond acceptors (Lipinski definition) is 4. The summed E-state index contributed by atoms with van der Waals surface area (Å²) in [6.07, 6.45) is 0. The van der Waals surface area contributed by atoms with Crippen molar-refractivity contribution < 1.29 is 22.9 Å². The van der Waals surface area contributed by atoms with Gasteiger partial charge >= 0.3 is 40.0 Å². The van der Waals surface area contributed by atoms with E-state index < -0.39 is 34.7 Å². The zero-order valence-electron chi connectivity index (χ0n) is 3.94. The third-order valence-corrected chi connectivity index (χ3v) is 0. The molecule has 0 aromatic heterocycles. The van der Waals surface area contributed by atoms with Crippen LogP contribution in [0.5, 0.6) is 0 Å². The van der Waals surface area contributed by atoms with Crippen molar-refractivity contribution in [2.75, 3.05) is 0 Å². The standard InChI is InChI=1S/H2O4S.2O.2Pb/c1-5(2,3)4;;;;/h(H2,1,2,3,4);;;;. The first-order valence-corrected chi connectivity index (χ1v) is 5.68. The second-order valence-electron chi connectivity index (χ2n) is 0.531. The van der Waals surface area contributed by atoms with Gasteiger partial charge in [-0.05, 0) is 0 Å². The molecule has 9 heavy (non-hydrogen) atoms. The Morgan fingerprint density at radius 2 is 1.11 bits per heavy atom. The Bertz CT molecular complexity index is 151. The first-order chi connectivity index (χ1) is 3.41. The average molecular weight is 544 g/mol. The number of hydrogen-bond donors (Lipinski definition) is 2. The van der Waals surface area contributed by atoms with Gasteiger partial charge in [-0.25, -0.2) is 0 Å². The molecule has 0 atom stereocenters. The van der Waals surface area contributed by atoms with E-state index in [4.69, 9.17) is 22.9 Å². The maximum absolute atomic E-state index is 8.74. The summed E-state index contributed by atoms with van der Waals surface area (Å²) in [6.45, 7) is 0. The molecule has 4 radical (unpaired) electrons. The normalized spacial score (nSPS) is 7.33. The largest absolute Gasteiger partial charge is 0 e. The predicted molar refractivity (Wildman–Crippen MR) is 27.1 cm³/mol. The Kier molecular flexibility index (Phi) is 17.3. The van der Waals surface area contributed by atoms with E-state index >= 15 is 0 Å². The average Bonchev–Trinajstić information content (AvgIpc) is 1.27. The minimum absolute atomic E-state index is 0. The van der Waals surface area contributed by atoms with E-state index in [0.29, 0.717) is 0 Å². The fraction of sp³-hybridized carbons (Fsp3) is 0. The number of rotatable bonds is 0. The molecule has 0 aromatic rings. The SMILES string of the molecule is O=S(=O)(O)O.[O]=[Pb]=[O].[Pb]. The summed E-state index contributed by atoms with van der Waals surface area (Å²) in [5.41, 5.74) is 0. The van der Waals surface area contributed by atoms with Crippen LogP contribution in [-0.2, 0) is 15.8 Å². The van der Waals surface area contributed by atoms with Crippen molar-refractivity contribution in [1.29, 1.82) is 0 Å². The van der Waals surface area contributed by atoms with Crippen LogP contribution in [0.1, 0.15) is 0 Å². The van der Waals surface area contributed by atoms with Gasteiger partial charge in [0, 0.05) is 27.3 Å². The van der Waals surface area contributed by atoms with Crippen molar-refractivity contribution in [1.82, 2.24) is 0 Å². The fourth-order valence-corrected chi connectivity index (χ4v) is 0. The van der Waals surface area contributed by atoms with E-state index in [2.05, 4.69) is 0 Å².